The first-order chi connectivity index (χ1) is 14.7. The molecule has 1 aliphatic rings. The maximum Gasteiger partial charge on any atom is 0.266 e. The Hall–Kier alpha value is -3.54. The second-order valence-electron chi connectivity index (χ2n) is 7.77. The van der Waals surface area contributed by atoms with Crippen molar-refractivity contribution in [2.45, 2.75) is 32.4 Å². The zero-order chi connectivity index (χ0) is 20.5. The lowest BCUT2D eigenvalue weighted by Crippen LogP contribution is -2.37. The van der Waals surface area contributed by atoms with Gasteiger partial charge in [0.15, 0.2) is 0 Å². The number of rotatable bonds is 4. The Labute approximate surface area is 174 Å². The highest BCUT2D eigenvalue weighted by Crippen LogP contribution is 2.32. The Morgan fingerprint density at radius 3 is 2.87 bits per heavy atom. The molecule has 1 saturated heterocycles. The highest BCUT2D eigenvalue weighted by molar-refractivity contribution is 5.92. The molecule has 6 heteroatoms. The minimum absolute atomic E-state index is 0.0785. The molecule has 1 unspecified atom stereocenters. The van der Waals surface area contributed by atoms with Gasteiger partial charge in [-0.25, -0.2) is 4.68 Å². The van der Waals surface area contributed by atoms with Gasteiger partial charge in [-0.1, -0.05) is 18.2 Å². The molecule has 3 aromatic heterocycles. The summed E-state index contributed by atoms with van der Waals surface area (Å²) in [5.41, 5.74) is 4.79. The van der Waals surface area contributed by atoms with E-state index in [9.17, 15) is 4.79 Å². The van der Waals surface area contributed by atoms with Gasteiger partial charge in [0.25, 0.3) is 5.56 Å². The van der Waals surface area contributed by atoms with Crippen molar-refractivity contribution in [3.8, 4) is 11.3 Å². The molecule has 1 atom stereocenters. The molecule has 0 spiro atoms. The van der Waals surface area contributed by atoms with E-state index in [2.05, 4.69) is 44.2 Å². The molecule has 1 fully saturated rings. The van der Waals surface area contributed by atoms with Gasteiger partial charge in [0.05, 0.1) is 17.8 Å². The van der Waals surface area contributed by atoms with Crippen molar-refractivity contribution in [2.24, 2.45) is 0 Å². The van der Waals surface area contributed by atoms with Crippen LogP contribution in [-0.4, -0.2) is 32.3 Å². The summed E-state index contributed by atoms with van der Waals surface area (Å²) in [5, 5.41) is 5.79. The lowest BCUT2D eigenvalue weighted by molar-refractivity contribution is 0.491. The molecule has 0 amide bonds. The van der Waals surface area contributed by atoms with E-state index >= 15 is 0 Å². The third-order valence-corrected chi connectivity index (χ3v) is 5.72. The van der Waals surface area contributed by atoms with Gasteiger partial charge in [-0.3, -0.25) is 14.8 Å². The van der Waals surface area contributed by atoms with E-state index in [4.69, 9.17) is 0 Å². The maximum atomic E-state index is 12.6. The van der Waals surface area contributed by atoms with E-state index < -0.39 is 0 Å². The summed E-state index contributed by atoms with van der Waals surface area (Å²) in [6.45, 7) is 3.56. The predicted molar refractivity (Wildman–Crippen MR) is 119 cm³/mol. The molecular weight excluding hydrogens is 374 g/mol. The summed E-state index contributed by atoms with van der Waals surface area (Å²) in [5.74, 6) is 0. The summed E-state index contributed by atoms with van der Waals surface area (Å²) in [6.07, 6.45) is 5.63. The molecular formula is C24H23N5O. The van der Waals surface area contributed by atoms with E-state index in [-0.39, 0.29) is 11.6 Å². The van der Waals surface area contributed by atoms with Gasteiger partial charge in [0, 0.05) is 53.4 Å². The molecule has 1 aromatic carbocycles. The summed E-state index contributed by atoms with van der Waals surface area (Å²) in [4.78, 5) is 23.8. The van der Waals surface area contributed by atoms with Crippen LogP contribution in [0.3, 0.4) is 0 Å². The lowest BCUT2D eigenvalue weighted by Gasteiger charge is -2.28. The lowest BCUT2D eigenvalue weighted by atomic mass is 10.1. The average Bonchev–Trinajstić information content (AvgIpc) is 3.23. The number of aryl methyl sites for hydroxylation is 1. The summed E-state index contributed by atoms with van der Waals surface area (Å²) < 4.78 is 1.60. The van der Waals surface area contributed by atoms with Gasteiger partial charge >= 0.3 is 0 Å². The largest absolute Gasteiger partial charge is 0.366 e. The number of anilines is 1. The molecule has 6 nitrogen and oxygen atoms in total. The van der Waals surface area contributed by atoms with Crippen molar-refractivity contribution >= 4 is 16.6 Å². The van der Waals surface area contributed by atoms with E-state index in [1.54, 1.807) is 29.2 Å². The van der Waals surface area contributed by atoms with Crippen LogP contribution in [0, 0.1) is 6.92 Å². The molecule has 0 bridgehead atoms. The first kappa shape index (κ1) is 18.5. The van der Waals surface area contributed by atoms with Crippen molar-refractivity contribution < 1.29 is 0 Å². The Balaban J connectivity index is 1.50. The number of hydrogen-bond donors (Lipinski definition) is 0. The Morgan fingerprint density at radius 2 is 2.00 bits per heavy atom. The molecule has 0 aliphatic carbocycles. The molecule has 5 rings (SSSR count). The number of fused-ring (bicyclic) bond motifs is 1. The zero-order valence-corrected chi connectivity index (χ0v) is 16.9. The summed E-state index contributed by atoms with van der Waals surface area (Å²) in [7, 11) is 0. The van der Waals surface area contributed by atoms with Crippen LogP contribution in [0.15, 0.2) is 71.8 Å². The van der Waals surface area contributed by atoms with Crippen LogP contribution >= 0.6 is 0 Å². The van der Waals surface area contributed by atoms with Gasteiger partial charge in [-0.2, -0.15) is 5.10 Å². The SMILES string of the molecule is Cc1cc(N2CCCC2Cn2nc(-c3cccnc3)ccc2=O)c2ccccc2n1. The minimum Gasteiger partial charge on any atom is -0.366 e. The second kappa shape index (κ2) is 7.71. The number of benzene rings is 1. The fourth-order valence-corrected chi connectivity index (χ4v) is 4.31. The normalized spacial score (nSPS) is 16.3. The van der Waals surface area contributed by atoms with Gasteiger partial charge < -0.3 is 4.90 Å². The van der Waals surface area contributed by atoms with Crippen LogP contribution < -0.4 is 10.5 Å². The molecule has 4 aromatic rings. The monoisotopic (exact) mass is 397 g/mol. The van der Waals surface area contributed by atoms with Crippen molar-refractivity contribution in [1.29, 1.82) is 0 Å². The van der Waals surface area contributed by atoms with Gasteiger partial charge in [-0.15, -0.1) is 0 Å². The van der Waals surface area contributed by atoms with Crippen LogP contribution in [0.2, 0.25) is 0 Å². The van der Waals surface area contributed by atoms with E-state index in [0.717, 1.165) is 47.2 Å². The standard InChI is InChI=1S/C24H23N5O/c1-17-14-23(20-8-2-3-9-22(20)26-17)28-13-5-7-19(28)16-29-24(30)11-10-21(27-29)18-6-4-12-25-15-18/h2-4,6,8-12,14-15,19H,5,7,13,16H2,1H3. The third kappa shape index (κ3) is 3.45. The van der Waals surface area contributed by atoms with Crippen molar-refractivity contribution in [2.75, 3.05) is 11.4 Å². The summed E-state index contributed by atoms with van der Waals surface area (Å²) in [6, 6.07) is 17.8. The number of hydrogen-bond acceptors (Lipinski definition) is 5. The highest BCUT2D eigenvalue weighted by Gasteiger charge is 2.27. The maximum absolute atomic E-state index is 12.6. The van der Waals surface area contributed by atoms with E-state index in [1.165, 1.54) is 5.69 Å². The number of para-hydroxylation sites is 1. The Morgan fingerprint density at radius 1 is 1.10 bits per heavy atom. The Kier molecular flexibility index (Phi) is 4.75. The average molecular weight is 397 g/mol. The fraction of sp³-hybridized carbons (Fsp3) is 0.250. The minimum atomic E-state index is -0.0785. The van der Waals surface area contributed by atoms with Crippen LogP contribution in [0.1, 0.15) is 18.5 Å². The van der Waals surface area contributed by atoms with Crippen molar-refractivity contribution in [3.63, 3.8) is 0 Å². The van der Waals surface area contributed by atoms with Gasteiger partial charge in [0.1, 0.15) is 0 Å². The third-order valence-electron chi connectivity index (χ3n) is 5.72. The molecule has 4 heterocycles. The van der Waals surface area contributed by atoms with Crippen LogP contribution in [0.4, 0.5) is 5.69 Å². The van der Waals surface area contributed by atoms with E-state index in [0.29, 0.717) is 6.54 Å². The smallest absolute Gasteiger partial charge is 0.266 e. The van der Waals surface area contributed by atoms with Crippen LogP contribution in [0.25, 0.3) is 22.2 Å². The van der Waals surface area contributed by atoms with E-state index in [1.807, 2.05) is 25.1 Å². The van der Waals surface area contributed by atoms with Crippen LogP contribution in [-0.2, 0) is 6.54 Å². The van der Waals surface area contributed by atoms with Crippen molar-refractivity contribution in [3.05, 3.63) is 83.0 Å². The molecule has 150 valence electrons. The summed E-state index contributed by atoms with van der Waals surface area (Å²) >= 11 is 0. The number of nitrogens with zero attached hydrogens (tertiary/aromatic N) is 5. The second-order valence-corrected chi connectivity index (χ2v) is 7.77. The number of pyridine rings is 2. The van der Waals surface area contributed by atoms with Crippen molar-refractivity contribution in [1.82, 2.24) is 19.7 Å². The molecule has 30 heavy (non-hydrogen) atoms. The van der Waals surface area contributed by atoms with Crippen LogP contribution in [0.5, 0.6) is 0 Å². The fourth-order valence-electron chi connectivity index (χ4n) is 4.31. The zero-order valence-electron chi connectivity index (χ0n) is 16.9. The molecule has 0 radical (unpaired) electrons. The predicted octanol–water partition coefficient (Wildman–Crippen LogP) is 3.83. The Bertz CT molecular complexity index is 1250. The quantitative estimate of drug-likeness (QED) is 0.524. The first-order valence-corrected chi connectivity index (χ1v) is 10.3. The topological polar surface area (TPSA) is 63.9 Å². The molecule has 0 N–H and O–H groups in total. The number of aromatic nitrogens is 4. The molecule has 0 saturated carbocycles. The molecule has 1 aliphatic heterocycles. The first-order valence-electron chi connectivity index (χ1n) is 10.3. The van der Waals surface area contributed by atoms with Gasteiger partial charge in [-0.05, 0) is 50.1 Å². The van der Waals surface area contributed by atoms with Gasteiger partial charge in [0.2, 0.25) is 0 Å². The highest BCUT2D eigenvalue weighted by atomic mass is 16.1.